The molecule has 134 valence electrons. The lowest BCUT2D eigenvalue weighted by Crippen LogP contribution is -2.34. The highest BCUT2D eigenvalue weighted by Gasteiger charge is 2.10. The van der Waals surface area contributed by atoms with Crippen molar-refractivity contribution in [3.63, 3.8) is 0 Å². The van der Waals surface area contributed by atoms with Crippen LogP contribution in [0.2, 0.25) is 0 Å². The molecule has 2 N–H and O–H groups in total. The minimum absolute atomic E-state index is 0.0461. The number of amides is 1. The molecule has 0 aliphatic heterocycles. The number of carbonyl (C=O) groups is 1. The molecule has 0 radical (unpaired) electrons. The van der Waals surface area contributed by atoms with E-state index < -0.39 is 0 Å². The number of nitrogens with one attached hydrogen (secondary N) is 2. The molecule has 0 bridgehead atoms. The SMILES string of the molecule is COc1cccc(CNC(=O)CNC(C)c2ccc(OC)c(Br)c2)c1. The number of halogens is 1. The standard InChI is InChI=1S/C19H23BrN2O3/c1-13(15-7-8-18(25-3)17(20)10-15)21-12-19(23)22-11-14-5-4-6-16(9-14)24-2/h4-10,13,21H,11-12H2,1-3H3,(H,22,23). The van der Waals surface area contributed by atoms with Crippen molar-refractivity contribution in [2.45, 2.75) is 19.5 Å². The molecule has 25 heavy (non-hydrogen) atoms. The van der Waals surface area contributed by atoms with Crippen LogP contribution in [0.3, 0.4) is 0 Å². The molecule has 0 spiro atoms. The summed E-state index contributed by atoms with van der Waals surface area (Å²) in [6.45, 7) is 2.73. The Morgan fingerprint density at radius 1 is 1.16 bits per heavy atom. The van der Waals surface area contributed by atoms with Crippen molar-refractivity contribution in [3.05, 3.63) is 58.1 Å². The first-order chi connectivity index (χ1) is 12.0. The largest absolute Gasteiger partial charge is 0.497 e. The van der Waals surface area contributed by atoms with E-state index in [0.717, 1.165) is 27.1 Å². The van der Waals surface area contributed by atoms with Crippen molar-refractivity contribution in [2.24, 2.45) is 0 Å². The van der Waals surface area contributed by atoms with Crippen LogP contribution in [0.4, 0.5) is 0 Å². The van der Waals surface area contributed by atoms with Gasteiger partial charge in [-0.25, -0.2) is 0 Å². The molecule has 0 fully saturated rings. The van der Waals surface area contributed by atoms with E-state index in [-0.39, 0.29) is 18.5 Å². The second-order valence-corrected chi connectivity index (χ2v) is 6.48. The quantitative estimate of drug-likeness (QED) is 0.704. The number of hydrogen-bond acceptors (Lipinski definition) is 4. The minimum atomic E-state index is -0.0535. The van der Waals surface area contributed by atoms with Crippen LogP contribution >= 0.6 is 15.9 Å². The second kappa shape index (κ2) is 9.44. The van der Waals surface area contributed by atoms with Crippen molar-refractivity contribution >= 4 is 21.8 Å². The smallest absolute Gasteiger partial charge is 0.234 e. The number of hydrogen-bond donors (Lipinski definition) is 2. The molecule has 2 rings (SSSR count). The van der Waals surface area contributed by atoms with Gasteiger partial charge in [0.1, 0.15) is 11.5 Å². The fourth-order valence-electron chi connectivity index (χ4n) is 2.36. The summed E-state index contributed by atoms with van der Waals surface area (Å²) in [5, 5.41) is 6.12. The maximum atomic E-state index is 12.0. The molecule has 0 saturated heterocycles. The average molecular weight is 407 g/mol. The third kappa shape index (κ3) is 5.76. The third-order valence-electron chi connectivity index (χ3n) is 3.87. The highest BCUT2D eigenvalue weighted by Crippen LogP contribution is 2.27. The molecule has 1 amide bonds. The van der Waals surface area contributed by atoms with E-state index >= 15 is 0 Å². The summed E-state index contributed by atoms with van der Waals surface area (Å²) in [4.78, 5) is 12.0. The first-order valence-corrected chi connectivity index (χ1v) is 8.79. The number of benzene rings is 2. The van der Waals surface area contributed by atoms with Crippen molar-refractivity contribution in [3.8, 4) is 11.5 Å². The second-order valence-electron chi connectivity index (χ2n) is 5.62. The van der Waals surface area contributed by atoms with Crippen molar-refractivity contribution in [1.29, 1.82) is 0 Å². The molecule has 0 aromatic heterocycles. The van der Waals surface area contributed by atoms with Crippen molar-refractivity contribution in [2.75, 3.05) is 20.8 Å². The first-order valence-electron chi connectivity index (χ1n) is 8.00. The Balaban J connectivity index is 1.81. The minimum Gasteiger partial charge on any atom is -0.497 e. The molecule has 0 saturated carbocycles. The van der Waals surface area contributed by atoms with E-state index in [9.17, 15) is 4.79 Å². The number of carbonyl (C=O) groups excluding carboxylic acids is 1. The van der Waals surface area contributed by atoms with Crippen LogP contribution in [0.15, 0.2) is 46.9 Å². The van der Waals surface area contributed by atoms with Crippen LogP contribution in [0.1, 0.15) is 24.1 Å². The molecule has 0 heterocycles. The lowest BCUT2D eigenvalue weighted by molar-refractivity contribution is -0.120. The Labute approximate surface area is 156 Å². The molecule has 5 nitrogen and oxygen atoms in total. The molecule has 0 aliphatic carbocycles. The van der Waals surface area contributed by atoms with Gasteiger partial charge in [-0.05, 0) is 58.2 Å². The van der Waals surface area contributed by atoms with Gasteiger partial charge in [-0.3, -0.25) is 4.79 Å². The van der Waals surface area contributed by atoms with Crippen molar-refractivity contribution < 1.29 is 14.3 Å². The molecule has 0 aliphatic rings. The van der Waals surface area contributed by atoms with Gasteiger partial charge in [-0.2, -0.15) is 0 Å². The topological polar surface area (TPSA) is 59.6 Å². The molecular formula is C19H23BrN2O3. The van der Waals surface area contributed by atoms with Crippen LogP contribution in [-0.4, -0.2) is 26.7 Å². The predicted molar refractivity (Wildman–Crippen MR) is 102 cm³/mol. The number of ether oxygens (including phenoxy) is 2. The zero-order chi connectivity index (χ0) is 18.2. The monoisotopic (exact) mass is 406 g/mol. The van der Waals surface area contributed by atoms with Gasteiger partial charge in [-0.1, -0.05) is 18.2 Å². The summed E-state index contributed by atoms with van der Waals surface area (Å²) in [6, 6.07) is 13.6. The Morgan fingerprint density at radius 2 is 1.96 bits per heavy atom. The fourth-order valence-corrected chi connectivity index (χ4v) is 2.92. The molecule has 1 unspecified atom stereocenters. The Bertz CT molecular complexity index is 722. The number of rotatable bonds is 8. The fraction of sp³-hybridized carbons (Fsp3) is 0.316. The molecular weight excluding hydrogens is 384 g/mol. The highest BCUT2D eigenvalue weighted by molar-refractivity contribution is 9.10. The maximum absolute atomic E-state index is 12.0. The average Bonchev–Trinajstić information content (AvgIpc) is 2.64. The number of methoxy groups -OCH3 is 2. The van der Waals surface area contributed by atoms with E-state index in [4.69, 9.17) is 9.47 Å². The van der Waals surface area contributed by atoms with Gasteiger partial charge in [0.25, 0.3) is 0 Å². The Kier molecular flexibility index (Phi) is 7.28. The molecule has 2 aromatic carbocycles. The zero-order valence-electron chi connectivity index (χ0n) is 14.6. The van der Waals surface area contributed by atoms with Crippen LogP contribution in [-0.2, 0) is 11.3 Å². The molecule has 2 aromatic rings. The van der Waals surface area contributed by atoms with Gasteiger partial charge in [0, 0.05) is 12.6 Å². The lowest BCUT2D eigenvalue weighted by atomic mass is 10.1. The normalized spacial score (nSPS) is 11.7. The summed E-state index contributed by atoms with van der Waals surface area (Å²) in [5.74, 6) is 1.51. The summed E-state index contributed by atoms with van der Waals surface area (Å²) >= 11 is 3.48. The lowest BCUT2D eigenvalue weighted by Gasteiger charge is -2.15. The van der Waals surface area contributed by atoms with Gasteiger partial charge in [0.2, 0.25) is 5.91 Å². The summed E-state index contributed by atoms with van der Waals surface area (Å²) in [5.41, 5.74) is 2.08. The van der Waals surface area contributed by atoms with Crippen molar-refractivity contribution in [1.82, 2.24) is 10.6 Å². The zero-order valence-corrected chi connectivity index (χ0v) is 16.2. The van der Waals surface area contributed by atoms with Gasteiger partial charge >= 0.3 is 0 Å². The summed E-state index contributed by atoms with van der Waals surface area (Å²) < 4.78 is 11.3. The highest BCUT2D eigenvalue weighted by atomic mass is 79.9. The van der Waals surface area contributed by atoms with Gasteiger partial charge in [0.05, 0.1) is 25.2 Å². The van der Waals surface area contributed by atoms with E-state index in [1.54, 1.807) is 14.2 Å². The maximum Gasteiger partial charge on any atom is 0.234 e. The van der Waals surface area contributed by atoms with E-state index in [2.05, 4.69) is 26.6 Å². The first kappa shape index (κ1) is 19.3. The van der Waals surface area contributed by atoms with Crippen LogP contribution < -0.4 is 20.1 Å². The predicted octanol–water partition coefficient (Wildman–Crippen LogP) is 3.43. The van der Waals surface area contributed by atoms with Gasteiger partial charge in [-0.15, -0.1) is 0 Å². The van der Waals surface area contributed by atoms with Crippen LogP contribution in [0, 0.1) is 0 Å². The molecule has 6 heteroatoms. The Hall–Kier alpha value is -2.05. The van der Waals surface area contributed by atoms with Gasteiger partial charge in [0.15, 0.2) is 0 Å². The van der Waals surface area contributed by atoms with Gasteiger partial charge < -0.3 is 20.1 Å². The van der Waals surface area contributed by atoms with E-state index in [1.807, 2.05) is 49.4 Å². The van der Waals surface area contributed by atoms with E-state index in [1.165, 1.54) is 0 Å². The molecule has 1 atom stereocenters. The summed E-state index contributed by atoms with van der Waals surface area (Å²) in [6.07, 6.45) is 0. The Morgan fingerprint density at radius 3 is 2.64 bits per heavy atom. The third-order valence-corrected chi connectivity index (χ3v) is 4.49. The van der Waals surface area contributed by atoms with E-state index in [0.29, 0.717) is 6.54 Å². The summed E-state index contributed by atoms with van der Waals surface area (Å²) in [7, 11) is 3.26. The van der Waals surface area contributed by atoms with Crippen LogP contribution in [0.5, 0.6) is 11.5 Å². The van der Waals surface area contributed by atoms with Crippen LogP contribution in [0.25, 0.3) is 0 Å².